The van der Waals surface area contributed by atoms with E-state index in [1.165, 1.54) is 96.3 Å². The lowest BCUT2D eigenvalue weighted by atomic mass is 10.4. The zero-order chi connectivity index (χ0) is 36.6. The normalized spacial score (nSPS) is 6.29. The summed E-state index contributed by atoms with van der Waals surface area (Å²) in [7, 11) is 0. The quantitative estimate of drug-likeness (QED) is 0.296. The van der Waals surface area contributed by atoms with Crippen molar-refractivity contribution in [3.63, 3.8) is 0 Å². The summed E-state index contributed by atoms with van der Waals surface area (Å²) in [5, 5.41) is 0. The van der Waals surface area contributed by atoms with Gasteiger partial charge in [-0.05, 0) is 0 Å². The predicted molar refractivity (Wildman–Crippen MR) is 217 cm³/mol. The van der Waals surface area contributed by atoms with E-state index in [9.17, 15) is 0 Å². The van der Waals surface area contributed by atoms with Gasteiger partial charge >= 0.3 is 0 Å². The van der Waals surface area contributed by atoms with Gasteiger partial charge in [0.1, 0.15) is 0 Å². The minimum absolute atomic E-state index is 1.25. The Hall–Kier alpha value is 0. The molecule has 0 spiro atoms. The summed E-state index contributed by atoms with van der Waals surface area (Å²) in [5.41, 5.74) is 0. The van der Waals surface area contributed by atoms with Gasteiger partial charge in [0.25, 0.3) is 0 Å². The lowest BCUT2D eigenvalue weighted by Crippen LogP contribution is -1.47. The van der Waals surface area contributed by atoms with Crippen LogP contribution in [0.4, 0.5) is 0 Å². The van der Waals surface area contributed by atoms with Crippen molar-refractivity contribution in [3.05, 3.63) is 0 Å². The van der Waals surface area contributed by atoms with Crippen molar-refractivity contribution in [1.29, 1.82) is 0 Å². The van der Waals surface area contributed by atoms with Crippen molar-refractivity contribution in [2.75, 3.05) is 0 Å². The first-order chi connectivity index (χ1) is 19.4. The summed E-state index contributed by atoms with van der Waals surface area (Å²) in [6.45, 7) is 55.5. The summed E-state index contributed by atoms with van der Waals surface area (Å²) in [4.78, 5) is 0. The molecule has 0 bridgehead atoms. The highest BCUT2D eigenvalue weighted by Crippen LogP contribution is 1.77. The highest BCUT2D eigenvalue weighted by Gasteiger charge is 1.57. The van der Waals surface area contributed by atoms with Crippen molar-refractivity contribution in [2.24, 2.45) is 0 Å². The van der Waals surface area contributed by atoms with Crippen LogP contribution in [0.15, 0.2) is 0 Å². The number of hydrogen-bond donors (Lipinski definition) is 0. The van der Waals surface area contributed by atoms with E-state index in [-0.39, 0.29) is 0 Å². The second kappa shape index (κ2) is 270. The molecule has 0 saturated heterocycles. The molecule has 0 aliphatic rings. The fraction of sp³-hybridized carbons (Fsp3) is 1.00. The van der Waals surface area contributed by atoms with Crippen LogP contribution in [0, 0.1) is 0 Å². The molecule has 0 aromatic carbocycles. The topological polar surface area (TPSA) is 0 Å². The maximum Gasteiger partial charge on any atom is -0.0564 e. The largest absolute Gasteiger partial charge is 0.0656 e. The molecule has 0 fully saturated rings. The molecule has 0 saturated carbocycles. The van der Waals surface area contributed by atoms with E-state index in [0.717, 1.165) is 0 Å². The maximum absolute atomic E-state index is 2.18. The summed E-state index contributed by atoms with van der Waals surface area (Å²) in [6.07, 6.45) is 19.0. The Morgan fingerprint density at radius 2 is 0.146 bits per heavy atom. The first-order valence-electron chi connectivity index (χ1n) is 19.4. The first-order valence-corrected chi connectivity index (χ1v) is 19.4. The van der Waals surface area contributed by atoms with E-state index < -0.39 is 0 Å². The molecule has 0 N–H and O–H groups in total. The van der Waals surface area contributed by atoms with Gasteiger partial charge in [-0.15, -0.1) is 0 Å². The Bertz CT molecular complexity index is 71.2. The third-order valence-corrected chi connectivity index (χ3v) is 1.000. The van der Waals surface area contributed by atoms with Crippen LogP contribution in [0.3, 0.4) is 0 Å². The van der Waals surface area contributed by atoms with Gasteiger partial charge in [-0.25, -0.2) is 0 Å². The highest BCUT2D eigenvalue weighted by molar-refractivity contribution is 4.13. The standard InChI is InChI=1S/2C4H10.11C3H8/c2*1-3-4-2;11*1-3-2/h2*3-4H2,1-2H3;11*3H2,1-2H3. The van der Waals surface area contributed by atoms with Gasteiger partial charge in [-0.2, -0.15) is 0 Å². The van der Waals surface area contributed by atoms with E-state index in [4.69, 9.17) is 0 Å². The van der Waals surface area contributed by atoms with Gasteiger partial charge in [-0.1, -0.05) is 276 Å². The molecular weight excluding hydrogens is 492 g/mol. The zero-order valence-electron chi connectivity index (χ0n) is 36.6. The Morgan fingerprint density at radius 3 is 0.146 bits per heavy atom. The van der Waals surface area contributed by atoms with E-state index in [0.29, 0.717) is 0 Å². The third kappa shape index (κ3) is 14400. The molecular formula is C41H108. The lowest BCUT2D eigenvalue weighted by Gasteiger charge is -1.68. The molecule has 41 heavy (non-hydrogen) atoms. The third-order valence-electron chi connectivity index (χ3n) is 1.000. The van der Waals surface area contributed by atoms with Crippen LogP contribution in [0.1, 0.15) is 276 Å². The van der Waals surface area contributed by atoms with Gasteiger partial charge in [0, 0.05) is 0 Å². The van der Waals surface area contributed by atoms with Crippen LogP contribution >= 0.6 is 0 Å². The Morgan fingerprint density at radius 1 is 0.122 bits per heavy atom. The molecule has 0 nitrogen and oxygen atoms in total. The Kier molecular flexibility index (Phi) is 552. The first kappa shape index (κ1) is 83.7. The minimum Gasteiger partial charge on any atom is -0.0656 e. The summed E-state index contributed by atoms with van der Waals surface area (Å²) < 4.78 is 0. The van der Waals surface area contributed by atoms with Gasteiger partial charge < -0.3 is 0 Å². The molecule has 0 amide bonds. The van der Waals surface area contributed by atoms with Gasteiger partial charge in [-0.3, -0.25) is 0 Å². The molecule has 0 aromatic rings. The number of unbranched alkanes of at least 4 members (excludes halogenated alkanes) is 2. The van der Waals surface area contributed by atoms with Crippen molar-refractivity contribution < 1.29 is 0 Å². The number of hydrogen-bond acceptors (Lipinski definition) is 0. The fourth-order valence-corrected chi connectivity index (χ4v) is 0. The molecule has 0 aliphatic heterocycles. The smallest absolute Gasteiger partial charge is 0.0564 e. The van der Waals surface area contributed by atoms with Crippen LogP contribution in [-0.4, -0.2) is 0 Å². The van der Waals surface area contributed by atoms with Crippen molar-refractivity contribution >= 4 is 0 Å². The molecule has 0 aromatic heterocycles. The zero-order valence-corrected chi connectivity index (χ0v) is 36.6. The van der Waals surface area contributed by atoms with E-state index in [1.807, 2.05) is 0 Å². The summed E-state index contributed by atoms with van der Waals surface area (Å²) >= 11 is 0. The molecule has 272 valence electrons. The average Bonchev–Trinajstić information content (AvgIpc) is 2.89. The molecule has 0 heterocycles. The molecule has 0 atom stereocenters. The predicted octanol–water partition coefficient (Wildman–Crippen LogP) is 19.2. The number of rotatable bonds is 2. The van der Waals surface area contributed by atoms with Crippen LogP contribution in [0.25, 0.3) is 0 Å². The molecule has 0 unspecified atom stereocenters. The van der Waals surface area contributed by atoms with Gasteiger partial charge in [0.15, 0.2) is 0 Å². The second-order valence-corrected chi connectivity index (χ2v) is 9.78. The fourth-order valence-electron chi connectivity index (χ4n) is 0. The second-order valence-electron chi connectivity index (χ2n) is 9.78. The van der Waals surface area contributed by atoms with Crippen LogP contribution in [-0.2, 0) is 0 Å². The SMILES string of the molecule is CCC.CCC.CCC.CCC.CCC.CCC.CCC.CCC.CCC.CCC.CCC.CCCC.CCCC. The highest BCUT2D eigenvalue weighted by atomic mass is 13.6. The Labute approximate surface area is 275 Å². The van der Waals surface area contributed by atoms with Crippen molar-refractivity contribution in [2.45, 2.75) is 276 Å². The molecule has 0 heteroatoms. The monoisotopic (exact) mass is 601 g/mol. The molecule has 0 aliphatic carbocycles. The molecule has 0 radical (unpaired) electrons. The van der Waals surface area contributed by atoms with Crippen LogP contribution < -0.4 is 0 Å². The van der Waals surface area contributed by atoms with Crippen LogP contribution in [0.2, 0.25) is 0 Å². The van der Waals surface area contributed by atoms with E-state index in [1.54, 1.807) is 0 Å². The summed E-state index contributed by atoms with van der Waals surface area (Å²) in [6, 6.07) is 0. The van der Waals surface area contributed by atoms with E-state index >= 15 is 0 Å². The maximum atomic E-state index is 2.18. The lowest BCUT2D eigenvalue weighted by molar-refractivity contribution is 0.886. The van der Waals surface area contributed by atoms with Crippen molar-refractivity contribution in [1.82, 2.24) is 0 Å². The minimum atomic E-state index is 1.25. The van der Waals surface area contributed by atoms with Crippen LogP contribution in [0.5, 0.6) is 0 Å². The average molecular weight is 601 g/mol. The molecule has 0 rings (SSSR count). The summed E-state index contributed by atoms with van der Waals surface area (Å²) in [5.74, 6) is 0. The van der Waals surface area contributed by atoms with Gasteiger partial charge in [0.2, 0.25) is 0 Å². The Balaban J connectivity index is -0.0000000189. The van der Waals surface area contributed by atoms with Crippen molar-refractivity contribution in [3.8, 4) is 0 Å². The van der Waals surface area contributed by atoms with E-state index in [2.05, 4.69) is 180 Å². The van der Waals surface area contributed by atoms with Gasteiger partial charge in [0.05, 0.1) is 0 Å².